The minimum atomic E-state index is 0.756. The quantitative estimate of drug-likeness (QED) is 0.634. The molecule has 3 heteroatoms. The summed E-state index contributed by atoms with van der Waals surface area (Å²) in [6.07, 6.45) is 4.06. The van der Waals surface area contributed by atoms with Gasteiger partial charge in [-0.15, -0.1) is 0 Å². The molecule has 2 aromatic heterocycles. The highest BCUT2D eigenvalue weighted by Crippen LogP contribution is 2.21. The lowest BCUT2D eigenvalue weighted by Gasteiger charge is -2.05. The third kappa shape index (κ3) is 1.69. The van der Waals surface area contributed by atoms with Crippen LogP contribution in [0.2, 0.25) is 0 Å². The lowest BCUT2D eigenvalue weighted by molar-refractivity contribution is 1.08. The molecule has 17 heavy (non-hydrogen) atoms. The van der Waals surface area contributed by atoms with Crippen LogP contribution in [-0.2, 0) is 0 Å². The smallest absolute Gasteiger partial charge is 0.234 e. The molecule has 0 saturated carbocycles. The van der Waals surface area contributed by atoms with Crippen LogP contribution in [0, 0.1) is 13.8 Å². The van der Waals surface area contributed by atoms with Crippen LogP contribution in [0.1, 0.15) is 11.3 Å². The summed E-state index contributed by atoms with van der Waals surface area (Å²) in [7, 11) is 0. The van der Waals surface area contributed by atoms with Crippen molar-refractivity contribution in [1.29, 1.82) is 0 Å². The summed E-state index contributed by atoms with van der Waals surface area (Å²) in [6, 6.07) is 10.2. The summed E-state index contributed by atoms with van der Waals surface area (Å²) < 4.78 is 1.97. The van der Waals surface area contributed by atoms with Gasteiger partial charge in [-0.2, -0.15) is 0 Å². The summed E-state index contributed by atoms with van der Waals surface area (Å²) in [5, 5.41) is 0. The van der Waals surface area contributed by atoms with Crippen LogP contribution in [0.25, 0.3) is 17.0 Å². The minimum absolute atomic E-state index is 0.756. The molecule has 1 aromatic carbocycles. The molecule has 0 bridgehead atoms. The molecule has 0 spiro atoms. The van der Waals surface area contributed by atoms with Gasteiger partial charge in [0.1, 0.15) is 0 Å². The number of aromatic nitrogens is 3. The van der Waals surface area contributed by atoms with Crippen molar-refractivity contribution in [3.05, 3.63) is 54.0 Å². The minimum Gasteiger partial charge on any atom is -0.291 e. The van der Waals surface area contributed by atoms with Crippen molar-refractivity contribution in [1.82, 2.24) is 14.4 Å². The Morgan fingerprint density at radius 3 is 2.47 bits per heavy atom. The maximum atomic E-state index is 4.62. The Labute approximate surface area is 99.8 Å². The van der Waals surface area contributed by atoms with Crippen LogP contribution >= 0.6 is 0 Å². The molecule has 3 rings (SSSR count). The Balaban J connectivity index is 2.26. The van der Waals surface area contributed by atoms with E-state index in [9.17, 15) is 0 Å². The van der Waals surface area contributed by atoms with Gasteiger partial charge in [-0.05, 0) is 19.4 Å². The predicted molar refractivity (Wildman–Crippen MR) is 67.9 cm³/mol. The summed E-state index contributed by atoms with van der Waals surface area (Å²) in [6.45, 7) is 4.05. The lowest BCUT2D eigenvalue weighted by atomic mass is 10.1. The zero-order valence-corrected chi connectivity index (χ0v) is 9.88. The fourth-order valence-electron chi connectivity index (χ4n) is 2.03. The first-order valence-electron chi connectivity index (χ1n) is 5.62. The zero-order valence-electron chi connectivity index (χ0n) is 9.88. The number of hydrogen-bond donors (Lipinski definition) is 0. The molecule has 3 aromatic rings. The van der Waals surface area contributed by atoms with E-state index in [1.165, 1.54) is 0 Å². The number of hydrogen-bond acceptors (Lipinski definition) is 2. The van der Waals surface area contributed by atoms with Gasteiger partial charge >= 0.3 is 0 Å². The summed E-state index contributed by atoms with van der Waals surface area (Å²) >= 11 is 0. The van der Waals surface area contributed by atoms with Gasteiger partial charge in [-0.1, -0.05) is 30.3 Å². The van der Waals surface area contributed by atoms with Crippen molar-refractivity contribution >= 4 is 5.78 Å². The van der Waals surface area contributed by atoms with Crippen molar-refractivity contribution in [2.75, 3.05) is 0 Å². The van der Waals surface area contributed by atoms with Crippen molar-refractivity contribution in [2.45, 2.75) is 13.8 Å². The van der Waals surface area contributed by atoms with Crippen LogP contribution < -0.4 is 0 Å². The maximum Gasteiger partial charge on any atom is 0.234 e. The van der Waals surface area contributed by atoms with Gasteiger partial charge < -0.3 is 0 Å². The fraction of sp³-hybridized carbons (Fsp3) is 0.143. The van der Waals surface area contributed by atoms with Gasteiger partial charge in [0.25, 0.3) is 0 Å². The number of rotatable bonds is 1. The third-order valence-corrected chi connectivity index (χ3v) is 2.80. The molecule has 0 N–H and O–H groups in total. The molecule has 0 unspecified atom stereocenters. The number of fused-ring (bicyclic) bond motifs is 1. The molecule has 3 nitrogen and oxygen atoms in total. The lowest BCUT2D eigenvalue weighted by Crippen LogP contribution is -1.94. The van der Waals surface area contributed by atoms with E-state index in [1.807, 2.05) is 35.7 Å². The van der Waals surface area contributed by atoms with E-state index in [2.05, 4.69) is 35.2 Å². The SMILES string of the molecule is Cc1cn2cc(C)c(-c3ccccc3)nc2n1. The molecule has 0 aliphatic heterocycles. The molecule has 84 valence electrons. The average molecular weight is 223 g/mol. The molecular weight excluding hydrogens is 210 g/mol. The first-order chi connectivity index (χ1) is 8.24. The standard InChI is InChI=1S/C14H13N3/c1-10-8-17-9-11(2)15-14(17)16-13(10)12-6-4-3-5-7-12/h3-9H,1-2H3. The molecule has 0 fully saturated rings. The second-order valence-electron chi connectivity index (χ2n) is 4.23. The number of nitrogens with zero attached hydrogens (tertiary/aromatic N) is 3. The van der Waals surface area contributed by atoms with Crippen LogP contribution in [0.5, 0.6) is 0 Å². The maximum absolute atomic E-state index is 4.62. The molecule has 0 atom stereocenters. The first-order valence-corrected chi connectivity index (χ1v) is 5.62. The van der Waals surface area contributed by atoms with E-state index in [0.717, 1.165) is 28.3 Å². The van der Waals surface area contributed by atoms with Crippen molar-refractivity contribution in [3.63, 3.8) is 0 Å². The van der Waals surface area contributed by atoms with E-state index in [0.29, 0.717) is 0 Å². The van der Waals surface area contributed by atoms with Crippen LogP contribution in [0.15, 0.2) is 42.7 Å². The zero-order chi connectivity index (χ0) is 11.8. The molecule has 0 amide bonds. The fourth-order valence-corrected chi connectivity index (χ4v) is 2.03. The topological polar surface area (TPSA) is 30.2 Å². The third-order valence-electron chi connectivity index (χ3n) is 2.80. The van der Waals surface area contributed by atoms with E-state index < -0.39 is 0 Å². The van der Waals surface area contributed by atoms with E-state index in [-0.39, 0.29) is 0 Å². The summed E-state index contributed by atoms with van der Waals surface area (Å²) in [4.78, 5) is 9.01. The van der Waals surface area contributed by atoms with Gasteiger partial charge in [-0.3, -0.25) is 4.40 Å². The van der Waals surface area contributed by atoms with Crippen LogP contribution in [0.4, 0.5) is 0 Å². The molecular formula is C14H13N3. The Morgan fingerprint density at radius 2 is 1.71 bits per heavy atom. The second kappa shape index (κ2) is 3.70. The second-order valence-corrected chi connectivity index (χ2v) is 4.23. The summed E-state index contributed by atoms with van der Waals surface area (Å²) in [5.74, 6) is 0.756. The van der Waals surface area contributed by atoms with Gasteiger partial charge in [0, 0.05) is 18.0 Å². The highest BCUT2D eigenvalue weighted by Gasteiger charge is 2.07. The van der Waals surface area contributed by atoms with Crippen molar-refractivity contribution in [3.8, 4) is 11.3 Å². The first kappa shape index (κ1) is 10.0. The average Bonchev–Trinajstić information content (AvgIpc) is 2.68. The Kier molecular flexibility index (Phi) is 2.18. The number of imidazole rings is 1. The molecule has 0 aliphatic carbocycles. The highest BCUT2D eigenvalue weighted by atomic mass is 15.1. The van der Waals surface area contributed by atoms with Gasteiger partial charge in [0.15, 0.2) is 0 Å². The van der Waals surface area contributed by atoms with Crippen molar-refractivity contribution in [2.24, 2.45) is 0 Å². The molecule has 2 heterocycles. The van der Waals surface area contributed by atoms with Crippen LogP contribution in [0.3, 0.4) is 0 Å². The summed E-state index contributed by atoms with van der Waals surface area (Å²) in [5.41, 5.74) is 4.28. The largest absolute Gasteiger partial charge is 0.291 e. The highest BCUT2D eigenvalue weighted by molar-refractivity contribution is 5.64. The molecule has 0 aliphatic rings. The van der Waals surface area contributed by atoms with Gasteiger partial charge in [0.2, 0.25) is 5.78 Å². The molecule has 0 radical (unpaired) electrons. The normalized spacial score (nSPS) is 10.9. The van der Waals surface area contributed by atoms with E-state index in [1.54, 1.807) is 0 Å². The Morgan fingerprint density at radius 1 is 0.941 bits per heavy atom. The Hall–Kier alpha value is -2.16. The number of aryl methyl sites for hydroxylation is 2. The van der Waals surface area contributed by atoms with E-state index in [4.69, 9.17) is 0 Å². The number of benzene rings is 1. The van der Waals surface area contributed by atoms with Gasteiger partial charge in [0.05, 0.1) is 11.4 Å². The van der Waals surface area contributed by atoms with Crippen LogP contribution in [-0.4, -0.2) is 14.4 Å². The van der Waals surface area contributed by atoms with E-state index >= 15 is 0 Å². The monoisotopic (exact) mass is 223 g/mol. The van der Waals surface area contributed by atoms with Gasteiger partial charge in [-0.25, -0.2) is 9.97 Å². The Bertz CT molecular complexity index is 669. The molecule has 0 saturated heterocycles. The predicted octanol–water partition coefficient (Wildman–Crippen LogP) is 3.01. The van der Waals surface area contributed by atoms with Crippen molar-refractivity contribution < 1.29 is 0 Å².